The average Bonchev–Trinajstić information content (AvgIpc) is 2.26. The van der Waals surface area contributed by atoms with E-state index in [9.17, 15) is 9.59 Å². The van der Waals surface area contributed by atoms with Gasteiger partial charge in [-0.1, -0.05) is 6.58 Å². The lowest BCUT2D eigenvalue weighted by Gasteiger charge is -2.56. The average molecular weight is 248 g/mol. The molecule has 4 aliphatic carbocycles. The molecule has 0 amide bonds. The van der Waals surface area contributed by atoms with Crippen LogP contribution in [-0.4, -0.2) is 16.9 Å². The lowest BCUT2D eigenvalue weighted by atomic mass is 9.48. The van der Waals surface area contributed by atoms with Crippen LogP contribution in [0.1, 0.15) is 44.9 Å². The first kappa shape index (κ1) is 11.9. The van der Waals surface area contributed by atoms with Crippen molar-refractivity contribution in [3.8, 4) is 0 Å². The van der Waals surface area contributed by atoms with E-state index in [1.807, 2.05) is 0 Å². The number of aliphatic carboxylic acids is 1. The van der Waals surface area contributed by atoms with Crippen molar-refractivity contribution >= 4 is 11.8 Å². The summed E-state index contributed by atoms with van der Waals surface area (Å²) in [4.78, 5) is 23.3. The highest BCUT2D eigenvalue weighted by molar-refractivity contribution is 5.96. The molecule has 0 aromatic heterocycles. The molecule has 98 valence electrons. The van der Waals surface area contributed by atoms with Crippen LogP contribution in [0.15, 0.2) is 12.2 Å². The van der Waals surface area contributed by atoms with E-state index >= 15 is 0 Å². The van der Waals surface area contributed by atoms with E-state index in [0.29, 0.717) is 0 Å². The summed E-state index contributed by atoms with van der Waals surface area (Å²) in [5, 5.41) is 8.86. The van der Waals surface area contributed by atoms with Gasteiger partial charge in [0.2, 0.25) is 0 Å². The van der Waals surface area contributed by atoms with Crippen molar-refractivity contribution in [1.29, 1.82) is 0 Å². The van der Waals surface area contributed by atoms with Crippen molar-refractivity contribution in [1.82, 2.24) is 0 Å². The van der Waals surface area contributed by atoms with Gasteiger partial charge in [0, 0.05) is 17.4 Å². The van der Waals surface area contributed by atoms with Crippen molar-refractivity contribution in [2.45, 2.75) is 44.9 Å². The summed E-state index contributed by atoms with van der Waals surface area (Å²) in [6.45, 7) is 3.50. The van der Waals surface area contributed by atoms with Crippen LogP contribution in [0.2, 0.25) is 0 Å². The predicted molar refractivity (Wildman–Crippen MR) is 67.0 cm³/mol. The third-order valence-corrected chi connectivity index (χ3v) is 5.31. The Kier molecular flexibility index (Phi) is 2.61. The van der Waals surface area contributed by atoms with Gasteiger partial charge in [0.05, 0.1) is 0 Å². The Morgan fingerprint density at radius 3 is 1.89 bits per heavy atom. The maximum absolute atomic E-state index is 12.5. The predicted octanol–water partition coefficient (Wildman–Crippen LogP) is 2.80. The smallest absolute Gasteiger partial charge is 0.331 e. The fourth-order valence-electron chi connectivity index (χ4n) is 4.91. The standard InChI is InChI=1S/C15H20O3/c1-9(14(17)18)2-13(16)15-6-10-3-11(7-15)5-12(4-10)8-15/h10-12H,1-8H2,(H,17,18). The largest absolute Gasteiger partial charge is 0.478 e. The number of hydrogen-bond donors (Lipinski definition) is 1. The molecule has 3 heteroatoms. The number of carboxylic acid groups (broad SMARTS) is 1. The van der Waals surface area contributed by atoms with E-state index in [2.05, 4.69) is 6.58 Å². The van der Waals surface area contributed by atoms with E-state index in [1.54, 1.807) is 0 Å². The molecule has 0 atom stereocenters. The Balaban J connectivity index is 1.77. The molecule has 0 radical (unpaired) electrons. The van der Waals surface area contributed by atoms with Crippen molar-refractivity contribution in [3.63, 3.8) is 0 Å². The van der Waals surface area contributed by atoms with Crippen LogP contribution < -0.4 is 0 Å². The Bertz CT molecular complexity index is 386. The van der Waals surface area contributed by atoms with Gasteiger partial charge in [-0.2, -0.15) is 0 Å². The number of rotatable bonds is 4. The van der Waals surface area contributed by atoms with Crippen LogP contribution in [0.3, 0.4) is 0 Å². The molecular weight excluding hydrogens is 228 g/mol. The van der Waals surface area contributed by atoms with Gasteiger partial charge in [-0.25, -0.2) is 4.79 Å². The molecule has 0 spiro atoms. The van der Waals surface area contributed by atoms with Crippen molar-refractivity contribution in [3.05, 3.63) is 12.2 Å². The first-order chi connectivity index (χ1) is 8.48. The zero-order valence-corrected chi connectivity index (χ0v) is 10.7. The number of hydrogen-bond acceptors (Lipinski definition) is 2. The van der Waals surface area contributed by atoms with Gasteiger partial charge in [-0.3, -0.25) is 4.79 Å². The van der Waals surface area contributed by atoms with E-state index in [0.717, 1.165) is 37.0 Å². The van der Waals surface area contributed by atoms with Gasteiger partial charge in [-0.15, -0.1) is 0 Å². The first-order valence-corrected chi connectivity index (χ1v) is 6.93. The number of carbonyl (C=O) groups is 2. The van der Waals surface area contributed by atoms with Crippen LogP contribution in [0.4, 0.5) is 0 Å². The molecular formula is C15H20O3. The molecule has 0 aromatic carbocycles. The molecule has 4 aliphatic rings. The monoisotopic (exact) mass is 248 g/mol. The molecule has 4 rings (SSSR count). The van der Waals surface area contributed by atoms with Gasteiger partial charge in [-0.05, 0) is 56.3 Å². The lowest BCUT2D eigenvalue weighted by Crippen LogP contribution is -2.50. The van der Waals surface area contributed by atoms with Gasteiger partial charge in [0.15, 0.2) is 0 Å². The van der Waals surface area contributed by atoms with E-state index < -0.39 is 5.97 Å². The molecule has 3 nitrogen and oxygen atoms in total. The minimum Gasteiger partial charge on any atom is -0.478 e. The van der Waals surface area contributed by atoms with Gasteiger partial charge >= 0.3 is 5.97 Å². The molecule has 1 N–H and O–H groups in total. The first-order valence-electron chi connectivity index (χ1n) is 6.93. The van der Waals surface area contributed by atoms with Gasteiger partial charge < -0.3 is 5.11 Å². The molecule has 0 heterocycles. The van der Waals surface area contributed by atoms with Crippen LogP contribution in [0.5, 0.6) is 0 Å². The highest BCUT2D eigenvalue weighted by atomic mass is 16.4. The van der Waals surface area contributed by atoms with E-state index in [-0.39, 0.29) is 23.2 Å². The number of ketones is 1. The molecule has 0 unspecified atom stereocenters. The van der Waals surface area contributed by atoms with E-state index in [1.165, 1.54) is 19.3 Å². The maximum Gasteiger partial charge on any atom is 0.331 e. The third-order valence-electron chi connectivity index (χ3n) is 5.31. The summed E-state index contributed by atoms with van der Waals surface area (Å²) >= 11 is 0. The van der Waals surface area contributed by atoms with E-state index in [4.69, 9.17) is 5.11 Å². The Labute approximate surface area is 107 Å². The Morgan fingerprint density at radius 1 is 1.06 bits per heavy atom. The Hall–Kier alpha value is -1.12. The van der Waals surface area contributed by atoms with Gasteiger partial charge in [0.25, 0.3) is 0 Å². The van der Waals surface area contributed by atoms with Crippen LogP contribution in [-0.2, 0) is 9.59 Å². The minimum atomic E-state index is -1.03. The zero-order chi connectivity index (χ0) is 12.9. The summed E-state index contributed by atoms with van der Waals surface area (Å²) in [6.07, 6.45) is 6.95. The fourth-order valence-corrected chi connectivity index (χ4v) is 4.91. The number of carbonyl (C=O) groups excluding carboxylic acids is 1. The second kappa shape index (κ2) is 3.94. The summed E-state index contributed by atoms with van der Waals surface area (Å²) in [6, 6.07) is 0. The fraction of sp³-hybridized carbons (Fsp3) is 0.733. The van der Waals surface area contributed by atoms with Crippen molar-refractivity contribution in [2.24, 2.45) is 23.2 Å². The maximum atomic E-state index is 12.5. The second-order valence-corrected chi connectivity index (χ2v) is 6.71. The molecule has 18 heavy (non-hydrogen) atoms. The zero-order valence-electron chi connectivity index (χ0n) is 10.7. The second-order valence-electron chi connectivity index (χ2n) is 6.71. The SMILES string of the molecule is C=C(CC(=O)C12CC3CC(CC(C3)C1)C2)C(=O)O. The minimum absolute atomic E-state index is 0.0431. The highest BCUT2D eigenvalue weighted by Gasteiger charge is 2.54. The number of carboxylic acids is 1. The molecule has 4 bridgehead atoms. The van der Waals surface area contributed by atoms with Crippen LogP contribution in [0, 0.1) is 23.2 Å². The van der Waals surface area contributed by atoms with Crippen molar-refractivity contribution < 1.29 is 14.7 Å². The summed E-state index contributed by atoms with van der Waals surface area (Å²) in [7, 11) is 0. The summed E-state index contributed by atoms with van der Waals surface area (Å²) in [5.74, 6) is 1.27. The summed E-state index contributed by atoms with van der Waals surface area (Å²) < 4.78 is 0. The normalized spacial score (nSPS) is 40.8. The van der Waals surface area contributed by atoms with Crippen LogP contribution >= 0.6 is 0 Å². The highest BCUT2D eigenvalue weighted by Crippen LogP contribution is 2.60. The molecule has 0 aromatic rings. The quantitative estimate of drug-likeness (QED) is 0.778. The van der Waals surface area contributed by atoms with Gasteiger partial charge in [0.1, 0.15) is 5.78 Å². The molecule has 4 fully saturated rings. The molecule has 0 aliphatic heterocycles. The summed E-state index contributed by atoms with van der Waals surface area (Å²) in [5.41, 5.74) is -0.136. The lowest BCUT2D eigenvalue weighted by molar-refractivity contribution is -0.144. The molecule has 0 saturated heterocycles. The number of Topliss-reactive ketones (excluding diaryl/α,β-unsaturated/α-hetero) is 1. The van der Waals surface area contributed by atoms with Crippen LogP contribution in [0.25, 0.3) is 0 Å². The third kappa shape index (κ3) is 1.80. The topological polar surface area (TPSA) is 54.4 Å². The van der Waals surface area contributed by atoms with Crippen molar-refractivity contribution in [2.75, 3.05) is 0 Å². The Morgan fingerprint density at radius 2 is 1.50 bits per heavy atom. The molecule has 4 saturated carbocycles.